The third kappa shape index (κ3) is 3.87. The second-order valence-electron chi connectivity index (χ2n) is 0.679. The van der Waals surface area contributed by atoms with Crippen molar-refractivity contribution in [3.63, 3.8) is 0 Å². The molecule has 0 saturated carbocycles. The van der Waals surface area contributed by atoms with Gasteiger partial charge in [0.05, 0.1) is 0 Å². The average molecular weight is 111 g/mol. The van der Waals surface area contributed by atoms with Gasteiger partial charge in [0.1, 0.15) is 0 Å². The lowest BCUT2D eigenvalue weighted by Crippen LogP contribution is -2.16. The Kier molecular flexibility index (Phi) is 1.51. The molecule has 0 aliphatic heterocycles. The van der Waals surface area contributed by atoms with E-state index in [1.54, 1.807) is 4.72 Å². The van der Waals surface area contributed by atoms with Crippen molar-refractivity contribution in [2.75, 3.05) is 7.05 Å². The third-order valence-corrected chi connectivity index (χ3v) is 0.774. The summed E-state index contributed by atoms with van der Waals surface area (Å²) in [6, 6.07) is 0. The highest BCUT2D eigenvalue weighted by Gasteiger charge is 1.91. The molecule has 0 rings (SSSR count). The van der Waals surface area contributed by atoms with Gasteiger partial charge in [0.25, 0.3) is 0 Å². The third-order valence-electron chi connectivity index (χ3n) is 0.258. The number of hydrogen-bond acceptors (Lipinski definition) is 2. The molecule has 0 aliphatic carbocycles. The maximum Gasteiger partial charge on any atom is 0.333 e. The van der Waals surface area contributed by atoms with Gasteiger partial charge in [-0.05, 0) is 0 Å². The Morgan fingerprint density at radius 1 is 1.67 bits per heavy atom. The highest BCUT2D eigenvalue weighted by molar-refractivity contribution is 7.83. The fraction of sp³-hybridized carbons (Fsp3) is 1.00. The lowest BCUT2D eigenvalue weighted by Gasteiger charge is -1.83. The average Bonchev–Trinajstić information content (AvgIpc) is 1.35. The molecule has 2 N–H and O–H groups in total. The Labute approximate surface area is 36.1 Å². The summed E-state index contributed by atoms with van der Waals surface area (Å²) in [4.78, 5) is 0. The van der Waals surface area contributed by atoms with Crippen LogP contribution >= 0.6 is 0 Å². The van der Waals surface area contributed by atoms with E-state index in [-0.39, 0.29) is 0 Å². The SMILES string of the molecule is CNS(=O)(=O)O. The predicted molar refractivity (Wildman–Crippen MR) is 20.6 cm³/mol. The number of rotatable bonds is 1. The molecule has 0 aliphatic rings. The van der Waals surface area contributed by atoms with E-state index in [0.29, 0.717) is 0 Å². The Morgan fingerprint density at radius 2 is 1.83 bits per heavy atom. The minimum atomic E-state index is -3.91. The van der Waals surface area contributed by atoms with Gasteiger partial charge in [-0.25, -0.2) is 0 Å². The van der Waals surface area contributed by atoms with Crippen LogP contribution in [-0.4, -0.2) is 20.0 Å². The molecule has 0 aromatic heterocycles. The standard InChI is InChI=1S/CH5NO3S/c1-2-6(3,4)5/h2H,1H3,(H,3,4,5). The Bertz CT molecular complexity index is 113. The van der Waals surface area contributed by atoms with E-state index in [9.17, 15) is 8.42 Å². The topological polar surface area (TPSA) is 66.4 Å². The molecule has 6 heavy (non-hydrogen) atoms. The summed E-state index contributed by atoms with van der Waals surface area (Å²) in [5.41, 5.74) is 0. The monoisotopic (exact) mass is 111 g/mol. The minimum Gasteiger partial charge on any atom is -0.273 e. The summed E-state index contributed by atoms with van der Waals surface area (Å²) in [5, 5.41) is 0. The molecular weight excluding hydrogens is 106 g/mol. The van der Waals surface area contributed by atoms with Crippen LogP contribution in [0.4, 0.5) is 0 Å². The Balaban J connectivity index is 3.85. The fourth-order valence-electron chi connectivity index (χ4n) is 0. The van der Waals surface area contributed by atoms with Crippen LogP contribution in [0.5, 0.6) is 0 Å². The van der Waals surface area contributed by atoms with E-state index in [1.807, 2.05) is 0 Å². The zero-order valence-corrected chi connectivity index (χ0v) is 3.99. The highest BCUT2D eigenvalue weighted by atomic mass is 32.2. The van der Waals surface area contributed by atoms with Crippen LogP contribution < -0.4 is 4.72 Å². The molecule has 0 spiro atoms. The molecule has 0 amide bonds. The molecule has 0 heterocycles. The zero-order valence-electron chi connectivity index (χ0n) is 3.17. The van der Waals surface area contributed by atoms with Gasteiger partial charge in [0.2, 0.25) is 0 Å². The van der Waals surface area contributed by atoms with Crippen LogP contribution in [0.3, 0.4) is 0 Å². The van der Waals surface area contributed by atoms with Gasteiger partial charge < -0.3 is 0 Å². The first kappa shape index (κ1) is 5.87. The minimum absolute atomic E-state index is 1.12. The first-order valence-corrected chi connectivity index (χ1v) is 2.66. The molecule has 4 nitrogen and oxygen atoms in total. The van der Waals surface area contributed by atoms with Crippen molar-refractivity contribution < 1.29 is 13.0 Å². The molecule has 0 radical (unpaired) electrons. The van der Waals surface area contributed by atoms with Gasteiger partial charge in [-0.2, -0.15) is 13.1 Å². The van der Waals surface area contributed by atoms with Crippen molar-refractivity contribution in [1.29, 1.82) is 0 Å². The van der Waals surface area contributed by atoms with Crippen molar-refractivity contribution in [2.24, 2.45) is 0 Å². The first-order valence-electron chi connectivity index (χ1n) is 1.22. The fourth-order valence-corrected chi connectivity index (χ4v) is 0. The number of hydrogen-bond donors (Lipinski definition) is 2. The molecule has 0 aromatic carbocycles. The van der Waals surface area contributed by atoms with Crippen molar-refractivity contribution >= 4 is 10.3 Å². The van der Waals surface area contributed by atoms with Gasteiger partial charge in [-0.15, -0.1) is 0 Å². The van der Waals surface area contributed by atoms with E-state index in [1.165, 1.54) is 0 Å². The number of nitrogens with one attached hydrogen (secondary N) is 1. The van der Waals surface area contributed by atoms with Crippen LogP contribution in [0.1, 0.15) is 0 Å². The molecule has 5 heteroatoms. The summed E-state index contributed by atoms with van der Waals surface area (Å²) >= 11 is 0. The van der Waals surface area contributed by atoms with Crippen LogP contribution in [0, 0.1) is 0 Å². The van der Waals surface area contributed by atoms with Gasteiger partial charge >= 0.3 is 10.3 Å². The van der Waals surface area contributed by atoms with Gasteiger partial charge in [-0.3, -0.25) is 4.55 Å². The molecule has 38 valence electrons. The molecule has 0 aromatic rings. The second kappa shape index (κ2) is 1.55. The lowest BCUT2D eigenvalue weighted by atomic mass is 11.6. The van der Waals surface area contributed by atoms with E-state index in [4.69, 9.17) is 4.55 Å². The highest BCUT2D eigenvalue weighted by Crippen LogP contribution is 1.61. The summed E-state index contributed by atoms with van der Waals surface area (Å²) in [6.45, 7) is 0. The molecule has 0 fully saturated rings. The molecule has 0 unspecified atom stereocenters. The molecule has 0 bridgehead atoms. The first-order chi connectivity index (χ1) is 2.56. The van der Waals surface area contributed by atoms with Gasteiger partial charge in [0, 0.05) is 7.05 Å². The maximum atomic E-state index is 9.44. The molecule has 0 saturated heterocycles. The second-order valence-corrected chi connectivity index (χ2v) is 2.04. The van der Waals surface area contributed by atoms with Crippen LogP contribution in [0.15, 0.2) is 0 Å². The van der Waals surface area contributed by atoms with E-state index in [0.717, 1.165) is 7.05 Å². The molecular formula is CH5NO3S. The predicted octanol–water partition coefficient (Wildman–Crippen LogP) is -0.991. The van der Waals surface area contributed by atoms with Crippen molar-refractivity contribution in [3.05, 3.63) is 0 Å². The lowest BCUT2D eigenvalue weighted by molar-refractivity contribution is 0.473. The normalized spacial score (nSPS) is 11.7. The summed E-state index contributed by atoms with van der Waals surface area (Å²) in [7, 11) is -2.79. The Hall–Kier alpha value is -0.130. The summed E-state index contributed by atoms with van der Waals surface area (Å²) in [6.07, 6.45) is 0. The summed E-state index contributed by atoms with van der Waals surface area (Å²) in [5.74, 6) is 0. The Morgan fingerprint density at radius 3 is 1.83 bits per heavy atom. The zero-order chi connectivity index (χ0) is 5.21. The van der Waals surface area contributed by atoms with Crippen LogP contribution in [0.2, 0.25) is 0 Å². The largest absolute Gasteiger partial charge is 0.333 e. The van der Waals surface area contributed by atoms with E-state index >= 15 is 0 Å². The maximum absolute atomic E-state index is 9.44. The molecule has 0 atom stereocenters. The van der Waals surface area contributed by atoms with Crippen LogP contribution in [0.25, 0.3) is 0 Å². The van der Waals surface area contributed by atoms with Crippen LogP contribution in [-0.2, 0) is 10.3 Å². The van der Waals surface area contributed by atoms with Crippen molar-refractivity contribution in [3.8, 4) is 0 Å². The van der Waals surface area contributed by atoms with Gasteiger partial charge in [-0.1, -0.05) is 0 Å². The smallest absolute Gasteiger partial charge is 0.273 e. The summed E-state index contributed by atoms with van der Waals surface area (Å²) < 4.78 is 28.2. The van der Waals surface area contributed by atoms with Crippen molar-refractivity contribution in [2.45, 2.75) is 0 Å². The van der Waals surface area contributed by atoms with E-state index in [2.05, 4.69) is 0 Å². The van der Waals surface area contributed by atoms with Gasteiger partial charge in [0.15, 0.2) is 0 Å². The van der Waals surface area contributed by atoms with Crippen molar-refractivity contribution in [1.82, 2.24) is 4.72 Å². The quantitative estimate of drug-likeness (QED) is 0.427. The van der Waals surface area contributed by atoms with E-state index < -0.39 is 10.3 Å².